The molecular weight excluding hydrogens is 398 g/mol. The Bertz CT molecular complexity index is 787. The minimum Gasteiger partial charge on any atom is -0.479 e. The summed E-state index contributed by atoms with van der Waals surface area (Å²) in [5.41, 5.74) is 10.4. The molecule has 1 aliphatic carbocycles. The normalized spacial score (nSPS) is 26.2. The van der Waals surface area contributed by atoms with Gasteiger partial charge in [0.05, 0.1) is 6.04 Å². The van der Waals surface area contributed by atoms with Crippen LogP contribution < -0.4 is 11.5 Å². The Morgan fingerprint density at radius 1 is 1.16 bits per heavy atom. The lowest BCUT2D eigenvalue weighted by Crippen LogP contribution is -2.63. The van der Waals surface area contributed by atoms with Gasteiger partial charge in [-0.3, -0.25) is 4.79 Å². The van der Waals surface area contributed by atoms with Crippen LogP contribution in [0.3, 0.4) is 0 Å². The summed E-state index contributed by atoms with van der Waals surface area (Å²) in [6.45, 7) is 0.453. The highest BCUT2D eigenvalue weighted by Gasteiger charge is 2.64. The molecule has 1 aliphatic heterocycles. The average Bonchev–Trinajstić information content (AvgIpc) is 3.14. The lowest BCUT2D eigenvalue weighted by atomic mass is 9.83. The zero-order valence-corrected chi connectivity index (χ0v) is 17.9. The number of nitrogens with zero attached hydrogens (tertiary/aromatic N) is 1. The molecule has 4 atom stereocenters. The number of carboxylic acid groups (broad SMARTS) is 1. The van der Waals surface area contributed by atoms with Gasteiger partial charge in [-0.15, -0.1) is 0 Å². The number of benzene rings is 1. The summed E-state index contributed by atoms with van der Waals surface area (Å²) in [7, 11) is 0. The van der Waals surface area contributed by atoms with Crippen LogP contribution in [0.25, 0.3) is 0 Å². The summed E-state index contributed by atoms with van der Waals surface area (Å²) in [5, 5.41) is 10.2. The van der Waals surface area contributed by atoms with Gasteiger partial charge in [0.2, 0.25) is 11.4 Å². The number of hydrogen-bond donors (Lipinski definition) is 3. The Balaban J connectivity index is 1.87. The summed E-state index contributed by atoms with van der Waals surface area (Å²) >= 11 is 0. The van der Waals surface area contributed by atoms with Gasteiger partial charge in [-0.25, -0.2) is 9.59 Å². The van der Waals surface area contributed by atoms with E-state index in [0.29, 0.717) is 25.8 Å². The first-order chi connectivity index (χ1) is 14.9. The molecule has 3 rings (SSSR count). The number of likely N-dealkylation sites (tertiary alicyclic amines) is 1. The van der Waals surface area contributed by atoms with Crippen molar-refractivity contribution in [1.29, 1.82) is 0 Å². The van der Waals surface area contributed by atoms with E-state index in [1.807, 2.05) is 18.2 Å². The predicted molar refractivity (Wildman–Crippen MR) is 115 cm³/mol. The first kappa shape index (κ1) is 23.2. The Hall–Kier alpha value is -2.45. The fourth-order valence-electron chi connectivity index (χ4n) is 4.99. The van der Waals surface area contributed by atoms with E-state index in [-0.39, 0.29) is 25.0 Å². The minimum atomic E-state index is -2.03. The van der Waals surface area contributed by atoms with Crippen molar-refractivity contribution in [2.75, 3.05) is 6.54 Å². The van der Waals surface area contributed by atoms with Crippen molar-refractivity contribution in [3.05, 3.63) is 35.9 Å². The Labute approximate surface area is 182 Å². The van der Waals surface area contributed by atoms with Crippen LogP contribution >= 0.6 is 0 Å². The van der Waals surface area contributed by atoms with E-state index in [9.17, 15) is 19.5 Å². The Morgan fingerprint density at radius 2 is 1.87 bits per heavy atom. The van der Waals surface area contributed by atoms with Gasteiger partial charge >= 0.3 is 11.9 Å². The molecule has 1 amide bonds. The smallest absolute Gasteiger partial charge is 0.344 e. The highest BCUT2D eigenvalue weighted by molar-refractivity contribution is 6.08. The molecule has 8 heteroatoms. The quantitative estimate of drug-likeness (QED) is 0.308. The van der Waals surface area contributed by atoms with Crippen LogP contribution in [-0.2, 0) is 25.7 Å². The van der Waals surface area contributed by atoms with Crippen LogP contribution in [0.2, 0.25) is 0 Å². The van der Waals surface area contributed by atoms with E-state index in [2.05, 4.69) is 0 Å². The van der Waals surface area contributed by atoms with Crippen molar-refractivity contribution in [1.82, 2.24) is 4.90 Å². The number of carbonyl (C=O) groups excluding carboxylic acids is 2. The van der Waals surface area contributed by atoms with Gasteiger partial charge in [0, 0.05) is 6.04 Å². The first-order valence-electron chi connectivity index (χ1n) is 11.1. The number of unbranched alkanes of at least 4 members (excludes halogenated alkanes) is 1. The van der Waals surface area contributed by atoms with Gasteiger partial charge < -0.3 is 26.2 Å². The maximum Gasteiger partial charge on any atom is 0.344 e. The highest BCUT2D eigenvalue weighted by Crippen LogP contribution is 2.46. The monoisotopic (exact) mass is 431 g/mol. The zero-order valence-electron chi connectivity index (χ0n) is 17.9. The number of nitrogens with two attached hydrogens (primary N) is 2. The third-order valence-corrected chi connectivity index (χ3v) is 6.60. The number of ether oxygens (including phenoxy) is 1. The summed E-state index contributed by atoms with van der Waals surface area (Å²) in [6.07, 6.45) is 5.19. The van der Waals surface area contributed by atoms with Crippen molar-refractivity contribution < 1.29 is 24.2 Å². The van der Waals surface area contributed by atoms with Crippen LogP contribution in [0.1, 0.15) is 56.9 Å². The lowest BCUT2D eigenvalue weighted by molar-refractivity contribution is -0.176. The van der Waals surface area contributed by atoms with E-state index in [4.69, 9.17) is 16.2 Å². The van der Waals surface area contributed by atoms with Crippen LogP contribution in [0, 0.1) is 5.92 Å². The van der Waals surface area contributed by atoms with Gasteiger partial charge in [0.25, 0.3) is 0 Å². The topological polar surface area (TPSA) is 136 Å². The van der Waals surface area contributed by atoms with Crippen LogP contribution in [0.5, 0.6) is 0 Å². The SMILES string of the molecule is NCCCCC(N)C(=O)N1[C@H]2CCCC[C@@H]2C[C@]1(C(=O)O)C(=O)OCc1ccccc1. The molecule has 170 valence electrons. The molecule has 5 N–H and O–H groups in total. The average molecular weight is 432 g/mol. The molecule has 1 unspecified atom stereocenters. The molecule has 2 aliphatic rings. The lowest BCUT2D eigenvalue weighted by Gasteiger charge is -2.38. The third-order valence-electron chi connectivity index (χ3n) is 6.60. The molecule has 1 saturated carbocycles. The third kappa shape index (κ3) is 4.75. The molecule has 0 bridgehead atoms. The number of amides is 1. The fourth-order valence-corrected chi connectivity index (χ4v) is 4.99. The summed E-state index contributed by atoms with van der Waals surface area (Å²) < 4.78 is 5.47. The van der Waals surface area contributed by atoms with Gasteiger partial charge in [0.15, 0.2) is 0 Å². The summed E-state index contributed by atoms with van der Waals surface area (Å²) in [5.74, 6) is -2.76. The minimum absolute atomic E-state index is 0.0469. The molecule has 0 radical (unpaired) electrons. The maximum absolute atomic E-state index is 13.4. The molecule has 1 saturated heterocycles. The molecule has 31 heavy (non-hydrogen) atoms. The van der Waals surface area contributed by atoms with Gasteiger partial charge in [0.1, 0.15) is 6.61 Å². The molecular formula is C23H33N3O5. The Kier molecular flexibility index (Phi) is 7.67. The number of fused-ring (bicyclic) bond motifs is 1. The second kappa shape index (κ2) is 10.2. The van der Waals surface area contributed by atoms with Crippen molar-refractivity contribution in [3.8, 4) is 0 Å². The van der Waals surface area contributed by atoms with Crippen LogP contribution in [0.4, 0.5) is 0 Å². The molecule has 8 nitrogen and oxygen atoms in total. The zero-order chi connectivity index (χ0) is 22.4. The van der Waals surface area contributed by atoms with Gasteiger partial charge in [-0.05, 0) is 50.1 Å². The number of esters is 1. The summed E-state index contributed by atoms with van der Waals surface area (Å²) in [6, 6.07) is 7.90. The van der Waals surface area contributed by atoms with E-state index in [1.54, 1.807) is 12.1 Å². The van der Waals surface area contributed by atoms with Gasteiger partial charge in [-0.1, -0.05) is 49.6 Å². The second-order valence-corrected chi connectivity index (χ2v) is 8.64. The van der Waals surface area contributed by atoms with E-state index < -0.39 is 29.4 Å². The van der Waals surface area contributed by atoms with Gasteiger partial charge in [-0.2, -0.15) is 0 Å². The standard InChI is InChI=1S/C23H33N3O5/c24-13-7-6-11-18(25)20(27)26-19-12-5-4-10-17(19)14-23(26,21(28)29)22(30)31-15-16-8-2-1-3-9-16/h1-3,8-9,17-19H,4-7,10-15,24-25H2,(H,28,29)/t17-,18?,19+,23+/m1/s1. The molecule has 1 heterocycles. The van der Waals surface area contributed by atoms with E-state index in [0.717, 1.165) is 31.2 Å². The number of aliphatic carboxylic acids is 1. The van der Waals surface area contributed by atoms with Crippen molar-refractivity contribution in [3.63, 3.8) is 0 Å². The maximum atomic E-state index is 13.4. The molecule has 1 aromatic rings. The molecule has 0 spiro atoms. The van der Waals surface area contributed by atoms with E-state index >= 15 is 0 Å². The number of hydrogen-bond acceptors (Lipinski definition) is 6. The number of carboxylic acids is 1. The van der Waals surface area contributed by atoms with Crippen LogP contribution in [0.15, 0.2) is 30.3 Å². The number of carbonyl (C=O) groups is 3. The van der Waals surface area contributed by atoms with Crippen molar-refractivity contribution in [2.24, 2.45) is 17.4 Å². The number of rotatable bonds is 9. The Morgan fingerprint density at radius 3 is 2.55 bits per heavy atom. The molecule has 0 aromatic heterocycles. The fraction of sp³-hybridized carbons (Fsp3) is 0.609. The van der Waals surface area contributed by atoms with Crippen molar-refractivity contribution >= 4 is 17.8 Å². The van der Waals surface area contributed by atoms with Crippen LogP contribution in [-0.4, -0.2) is 52.0 Å². The first-order valence-corrected chi connectivity index (χ1v) is 11.1. The highest BCUT2D eigenvalue weighted by atomic mass is 16.5. The van der Waals surface area contributed by atoms with E-state index in [1.165, 1.54) is 4.90 Å². The largest absolute Gasteiger partial charge is 0.479 e. The molecule has 1 aromatic carbocycles. The van der Waals surface area contributed by atoms with Crippen molar-refractivity contribution in [2.45, 2.75) is 75.6 Å². The predicted octanol–water partition coefficient (Wildman–Crippen LogP) is 1.80. The summed E-state index contributed by atoms with van der Waals surface area (Å²) in [4.78, 5) is 40.5. The second-order valence-electron chi connectivity index (χ2n) is 8.64. The molecule has 2 fully saturated rings.